The monoisotopic (exact) mass is 351 g/mol. The molecule has 0 aliphatic heterocycles. The van der Waals surface area contributed by atoms with Crippen molar-refractivity contribution in [2.45, 2.75) is 32.0 Å². The molecule has 0 amide bonds. The van der Waals surface area contributed by atoms with Gasteiger partial charge in [-0.15, -0.1) is 10.2 Å². The van der Waals surface area contributed by atoms with Gasteiger partial charge in [-0.2, -0.15) is 0 Å². The summed E-state index contributed by atoms with van der Waals surface area (Å²) in [6, 6.07) is 17.6. The number of Topliss-reactive ketones (excluding diaryl/α,β-unsaturated/α-hetero) is 1. The fraction of sp³-hybridized carbons (Fsp3) is 0.250. The Morgan fingerprint density at radius 3 is 2.60 bits per heavy atom. The van der Waals surface area contributed by atoms with Crippen molar-refractivity contribution in [1.29, 1.82) is 0 Å². The number of aromatic nitrogens is 3. The van der Waals surface area contributed by atoms with E-state index in [0.717, 1.165) is 35.1 Å². The van der Waals surface area contributed by atoms with Gasteiger partial charge in [-0.3, -0.25) is 4.79 Å². The van der Waals surface area contributed by atoms with Crippen LogP contribution in [0, 0.1) is 6.92 Å². The minimum atomic E-state index is 0.105. The SMILES string of the molecule is CCCn1c(SCC(=O)c2ccccc2)nnc1-c1cccc(C)c1. The summed E-state index contributed by atoms with van der Waals surface area (Å²) in [5.41, 5.74) is 2.98. The highest BCUT2D eigenvalue weighted by atomic mass is 32.2. The van der Waals surface area contributed by atoms with Crippen molar-refractivity contribution in [2.75, 3.05) is 5.75 Å². The Kier molecular flexibility index (Phi) is 5.66. The average Bonchev–Trinajstić information content (AvgIpc) is 3.03. The van der Waals surface area contributed by atoms with Gasteiger partial charge in [0.15, 0.2) is 16.8 Å². The maximum Gasteiger partial charge on any atom is 0.191 e. The lowest BCUT2D eigenvalue weighted by molar-refractivity contribution is 0.102. The van der Waals surface area contributed by atoms with Crippen molar-refractivity contribution in [3.63, 3.8) is 0 Å². The van der Waals surface area contributed by atoms with Crippen LogP contribution in [-0.4, -0.2) is 26.3 Å². The zero-order chi connectivity index (χ0) is 17.6. The number of benzene rings is 2. The van der Waals surface area contributed by atoms with Crippen LogP contribution in [0.25, 0.3) is 11.4 Å². The van der Waals surface area contributed by atoms with Crippen LogP contribution in [0.15, 0.2) is 59.8 Å². The van der Waals surface area contributed by atoms with Crippen molar-refractivity contribution in [1.82, 2.24) is 14.8 Å². The molecule has 0 saturated carbocycles. The highest BCUT2D eigenvalue weighted by molar-refractivity contribution is 7.99. The molecular formula is C20H21N3OS. The molecule has 2 aromatic carbocycles. The smallest absolute Gasteiger partial charge is 0.191 e. The second kappa shape index (κ2) is 8.12. The van der Waals surface area contributed by atoms with Crippen molar-refractivity contribution in [2.24, 2.45) is 0 Å². The van der Waals surface area contributed by atoms with E-state index < -0.39 is 0 Å². The predicted octanol–water partition coefficient (Wildman–Crippen LogP) is 4.64. The van der Waals surface area contributed by atoms with Crippen molar-refractivity contribution >= 4 is 17.5 Å². The predicted molar refractivity (Wildman–Crippen MR) is 102 cm³/mol. The quantitative estimate of drug-likeness (QED) is 0.460. The van der Waals surface area contributed by atoms with E-state index in [9.17, 15) is 4.79 Å². The van der Waals surface area contributed by atoms with Gasteiger partial charge >= 0.3 is 0 Å². The second-order valence-corrected chi connectivity index (χ2v) is 6.85. The molecule has 1 aromatic heterocycles. The molecule has 0 saturated heterocycles. The summed E-state index contributed by atoms with van der Waals surface area (Å²) >= 11 is 1.45. The normalized spacial score (nSPS) is 10.8. The molecule has 0 N–H and O–H groups in total. The van der Waals surface area contributed by atoms with Crippen molar-refractivity contribution < 1.29 is 4.79 Å². The average molecular weight is 351 g/mol. The Morgan fingerprint density at radius 2 is 1.88 bits per heavy atom. The van der Waals surface area contributed by atoms with Gasteiger partial charge in [0.25, 0.3) is 0 Å². The molecule has 0 atom stereocenters. The minimum absolute atomic E-state index is 0.105. The summed E-state index contributed by atoms with van der Waals surface area (Å²) in [7, 11) is 0. The molecule has 0 spiro atoms. The van der Waals surface area contributed by atoms with Crippen LogP contribution >= 0.6 is 11.8 Å². The van der Waals surface area contributed by atoms with Gasteiger partial charge in [-0.05, 0) is 19.4 Å². The second-order valence-electron chi connectivity index (χ2n) is 5.91. The van der Waals surface area contributed by atoms with Crippen LogP contribution in [0.2, 0.25) is 0 Å². The molecule has 4 nitrogen and oxygen atoms in total. The number of rotatable bonds is 7. The van der Waals surface area contributed by atoms with Gasteiger partial charge < -0.3 is 4.57 Å². The third-order valence-electron chi connectivity index (χ3n) is 3.87. The molecule has 3 aromatic rings. The van der Waals surface area contributed by atoms with Gasteiger partial charge in [-0.1, -0.05) is 72.8 Å². The lowest BCUT2D eigenvalue weighted by Crippen LogP contribution is -2.06. The van der Waals surface area contributed by atoms with E-state index >= 15 is 0 Å². The molecule has 1 heterocycles. The number of ketones is 1. The Hall–Kier alpha value is -2.40. The number of nitrogens with zero attached hydrogens (tertiary/aromatic N) is 3. The molecule has 128 valence electrons. The molecule has 5 heteroatoms. The Bertz CT molecular complexity index is 858. The van der Waals surface area contributed by atoms with Crippen LogP contribution in [0.1, 0.15) is 29.3 Å². The summed E-state index contributed by atoms with van der Waals surface area (Å²) < 4.78 is 2.11. The summed E-state index contributed by atoms with van der Waals surface area (Å²) in [5, 5.41) is 9.50. The molecule has 0 bridgehead atoms. The molecule has 0 unspecified atom stereocenters. The van der Waals surface area contributed by atoms with Crippen LogP contribution in [0.3, 0.4) is 0 Å². The third-order valence-corrected chi connectivity index (χ3v) is 4.84. The fourth-order valence-corrected chi connectivity index (χ4v) is 3.51. The third kappa shape index (κ3) is 4.17. The topological polar surface area (TPSA) is 47.8 Å². The van der Waals surface area contributed by atoms with Gasteiger partial charge in [-0.25, -0.2) is 0 Å². The molecule has 0 aliphatic carbocycles. The zero-order valence-electron chi connectivity index (χ0n) is 14.5. The van der Waals surface area contributed by atoms with Crippen molar-refractivity contribution in [3.8, 4) is 11.4 Å². The van der Waals surface area contributed by atoms with Gasteiger partial charge in [0.1, 0.15) is 0 Å². The highest BCUT2D eigenvalue weighted by Gasteiger charge is 2.15. The first-order valence-electron chi connectivity index (χ1n) is 8.40. The largest absolute Gasteiger partial charge is 0.302 e. The van der Waals surface area contributed by atoms with E-state index in [0.29, 0.717) is 5.75 Å². The first-order valence-corrected chi connectivity index (χ1v) is 9.39. The number of thioether (sulfide) groups is 1. The standard InChI is InChI=1S/C20H21N3OS/c1-3-12-23-19(17-11-7-8-15(2)13-17)21-22-20(23)25-14-18(24)16-9-5-4-6-10-16/h4-11,13H,3,12,14H2,1-2H3. The highest BCUT2D eigenvalue weighted by Crippen LogP contribution is 2.25. The molecule has 0 radical (unpaired) electrons. The number of carbonyl (C=O) groups is 1. The molecular weight excluding hydrogens is 330 g/mol. The van der Waals surface area contributed by atoms with Crippen LogP contribution in [0.4, 0.5) is 0 Å². The van der Waals surface area contributed by atoms with E-state index in [1.54, 1.807) is 0 Å². The number of aryl methyl sites for hydroxylation is 1. The zero-order valence-corrected chi connectivity index (χ0v) is 15.3. The summed E-state index contributed by atoms with van der Waals surface area (Å²) in [5.74, 6) is 1.33. The molecule has 25 heavy (non-hydrogen) atoms. The molecule has 0 aliphatic rings. The van der Waals surface area contributed by atoms with Crippen molar-refractivity contribution in [3.05, 3.63) is 65.7 Å². The van der Waals surface area contributed by atoms with Gasteiger partial charge in [0.05, 0.1) is 5.75 Å². The first kappa shape index (κ1) is 17.4. The maximum atomic E-state index is 12.3. The Morgan fingerprint density at radius 1 is 1.08 bits per heavy atom. The van der Waals surface area contributed by atoms with E-state index in [-0.39, 0.29) is 5.78 Å². The molecule has 3 rings (SSSR count). The van der Waals surface area contributed by atoms with Gasteiger partial charge in [0, 0.05) is 17.7 Å². The fourth-order valence-electron chi connectivity index (χ4n) is 2.66. The Labute approximate surface area is 152 Å². The first-order chi connectivity index (χ1) is 12.2. The van der Waals surface area contributed by atoms with Crippen LogP contribution < -0.4 is 0 Å². The summed E-state index contributed by atoms with van der Waals surface area (Å²) in [6.45, 7) is 5.03. The lowest BCUT2D eigenvalue weighted by atomic mass is 10.1. The minimum Gasteiger partial charge on any atom is -0.302 e. The van der Waals surface area contributed by atoms with Crippen LogP contribution in [-0.2, 0) is 6.54 Å². The number of carbonyl (C=O) groups excluding carboxylic acids is 1. The van der Waals surface area contributed by atoms with E-state index in [2.05, 4.69) is 40.7 Å². The van der Waals surface area contributed by atoms with Gasteiger partial charge in [0.2, 0.25) is 0 Å². The van der Waals surface area contributed by atoms with Crippen LogP contribution in [0.5, 0.6) is 0 Å². The summed E-state index contributed by atoms with van der Waals surface area (Å²) in [6.07, 6.45) is 0.983. The summed E-state index contributed by atoms with van der Waals surface area (Å²) in [4.78, 5) is 12.3. The van der Waals surface area contributed by atoms with E-state index in [1.807, 2.05) is 42.5 Å². The molecule has 0 fully saturated rings. The van der Waals surface area contributed by atoms with E-state index in [4.69, 9.17) is 0 Å². The number of hydrogen-bond acceptors (Lipinski definition) is 4. The Balaban J connectivity index is 1.81. The lowest BCUT2D eigenvalue weighted by Gasteiger charge is -2.09. The number of hydrogen-bond donors (Lipinski definition) is 0. The maximum absolute atomic E-state index is 12.3. The van der Waals surface area contributed by atoms with E-state index in [1.165, 1.54) is 17.3 Å².